The molecule has 6 atom stereocenters. The van der Waals surface area contributed by atoms with E-state index in [9.17, 15) is 29.4 Å². The van der Waals surface area contributed by atoms with E-state index in [-0.39, 0.29) is 18.8 Å². The maximum absolute atomic E-state index is 13.3. The number of benzene rings is 1. The molecule has 1 aromatic heterocycles. The zero-order valence-corrected chi connectivity index (χ0v) is 21.2. The van der Waals surface area contributed by atoms with Crippen molar-refractivity contribution < 1.29 is 29.4 Å². The number of nitrogens with two attached hydrogens (primary N) is 1. The molecule has 1 aromatic carbocycles. The standard InChI is InChI=1S/C25H36N6O6/c1-4-14(2)20(25(36)37)30-24(35)21(15(3)32)31-23(34)19(10-16-8-6-5-7-9-16)29-22(33)18(26)11-17-12-27-13-28-17/h5-9,12-15,18-21,32H,4,10-11,26H2,1-3H3,(H,27,28)(H,29,33)(H,30,35)(H,31,34)(H,36,37). The lowest BCUT2D eigenvalue weighted by Gasteiger charge is -2.27. The highest BCUT2D eigenvalue weighted by Gasteiger charge is 2.34. The number of carboxylic acids is 1. The number of hydrogen-bond acceptors (Lipinski definition) is 7. The molecule has 2 rings (SSSR count). The number of aromatic nitrogens is 2. The van der Waals surface area contributed by atoms with Crippen LogP contribution in [0.15, 0.2) is 42.9 Å². The van der Waals surface area contributed by atoms with Crippen LogP contribution >= 0.6 is 0 Å². The summed E-state index contributed by atoms with van der Waals surface area (Å²) >= 11 is 0. The number of hydrogen-bond donors (Lipinski definition) is 7. The summed E-state index contributed by atoms with van der Waals surface area (Å²) in [6.45, 7) is 4.76. The van der Waals surface area contributed by atoms with Gasteiger partial charge in [-0.25, -0.2) is 9.78 Å². The van der Waals surface area contributed by atoms with Gasteiger partial charge in [0.1, 0.15) is 18.1 Å². The molecule has 1 heterocycles. The van der Waals surface area contributed by atoms with E-state index in [1.54, 1.807) is 44.2 Å². The molecule has 2 aromatic rings. The van der Waals surface area contributed by atoms with Gasteiger partial charge < -0.3 is 36.9 Å². The first-order valence-electron chi connectivity index (χ1n) is 12.1. The van der Waals surface area contributed by atoms with E-state index >= 15 is 0 Å². The quantitative estimate of drug-likeness (QED) is 0.174. The van der Waals surface area contributed by atoms with Crippen molar-refractivity contribution in [1.82, 2.24) is 25.9 Å². The van der Waals surface area contributed by atoms with E-state index in [2.05, 4.69) is 25.9 Å². The predicted molar refractivity (Wildman–Crippen MR) is 135 cm³/mol. The Morgan fingerprint density at radius 1 is 0.973 bits per heavy atom. The topological polar surface area (TPSA) is 200 Å². The normalized spacial score (nSPS) is 15.9. The molecule has 12 heteroatoms. The van der Waals surface area contributed by atoms with Crippen molar-refractivity contribution in [1.29, 1.82) is 0 Å². The minimum Gasteiger partial charge on any atom is -0.480 e. The van der Waals surface area contributed by atoms with E-state index in [0.717, 1.165) is 5.56 Å². The number of carboxylic acid groups (broad SMARTS) is 1. The third-order valence-electron chi connectivity index (χ3n) is 6.09. The van der Waals surface area contributed by atoms with Crippen molar-refractivity contribution in [2.24, 2.45) is 11.7 Å². The summed E-state index contributed by atoms with van der Waals surface area (Å²) in [4.78, 5) is 57.3. The van der Waals surface area contributed by atoms with Crippen LogP contribution in [0.2, 0.25) is 0 Å². The number of amides is 3. The Balaban J connectivity index is 2.19. The predicted octanol–water partition coefficient (Wildman–Crippen LogP) is -0.512. The van der Waals surface area contributed by atoms with E-state index in [4.69, 9.17) is 5.73 Å². The number of H-pyrrole nitrogens is 1. The minimum atomic E-state index is -1.45. The van der Waals surface area contributed by atoms with Gasteiger partial charge in [-0.2, -0.15) is 0 Å². The average molecular weight is 517 g/mol. The summed E-state index contributed by atoms with van der Waals surface area (Å²) < 4.78 is 0. The third-order valence-corrected chi connectivity index (χ3v) is 6.09. The van der Waals surface area contributed by atoms with Gasteiger partial charge in [-0.3, -0.25) is 14.4 Å². The van der Waals surface area contributed by atoms with E-state index in [1.165, 1.54) is 19.4 Å². The van der Waals surface area contributed by atoms with Gasteiger partial charge in [-0.1, -0.05) is 50.6 Å². The fraction of sp³-hybridized carbons (Fsp3) is 0.480. The summed E-state index contributed by atoms with van der Waals surface area (Å²) in [5.74, 6) is -3.78. The molecule has 0 aliphatic carbocycles. The lowest BCUT2D eigenvalue weighted by Crippen LogP contribution is -2.60. The first-order chi connectivity index (χ1) is 17.5. The number of aromatic amines is 1. The van der Waals surface area contributed by atoms with Crippen LogP contribution in [0.25, 0.3) is 0 Å². The molecular weight excluding hydrogens is 480 g/mol. The number of aliphatic hydroxyl groups excluding tert-OH is 1. The minimum absolute atomic E-state index is 0.0912. The highest BCUT2D eigenvalue weighted by molar-refractivity contribution is 5.94. The van der Waals surface area contributed by atoms with E-state index in [0.29, 0.717) is 12.1 Å². The van der Waals surface area contributed by atoms with Gasteiger partial charge in [0.05, 0.1) is 18.5 Å². The number of aliphatic carboxylic acids is 1. The Hall–Kier alpha value is -3.77. The number of imidazole rings is 1. The summed E-state index contributed by atoms with van der Waals surface area (Å²) in [7, 11) is 0. The average Bonchev–Trinajstić information content (AvgIpc) is 3.37. The molecule has 0 saturated heterocycles. The van der Waals surface area contributed by atoms with Crippen molar-refractivity contribution in [3.8, 4) is 0 Å². The van der Waals surface area contributed by atoms with E-state index < -0.39 is 54.0 Å². The lowest BCUT2D eigenvalue weighted by molar-refractivity contribution is -0.144. The van der Waals surface area contributed by atoms with Gasteiger partial charge >= 0.3 is 5.97 Å². The number of aliphatic hydroxyl groups is 1. The Kier molecular flexibility index (Phi) is 11.2. The van der Waals surface area contributed by atoms with Crippen molar-refractivity contribution in [2.75, 3.05) is 0 Å². The van der Waals surface area contributed by atoms with Crippen molar-refractivity contribution in [3.63, 3.8) is 0 Å². The largest absolute Gasteiger partial charge is 0.480 e. The number of nitrogens with zero attached hydrogens (tertiary/aromatic N) is 1. The lowest BCUT2D eigenvalue weighted by atomic mass is 9.98. The zero-order chi connectivity index (χ0) is 27.5. The molecule has 8 N–H and O–H groups in total. The summed E-state index contributed by atoms with van der Waals surface area (Å²) in [6.07, 6.45) is 2.41. The molecule has 0 saturated carbocycles. The fourth-order valence-corrected chi connectivity index (χ4v) is 3.65. The van der Waals surface area contributed by atoms with Crippen LogP contribution in [-0.2, 0) is 32.0 Å². The van der Waals surface area contributed by atoms with Crippen LogP contribution < -0.4 is 21.7 Å². The number of carbonyl (C=O) groups is 4. The van der Waals surface area contributed by atoms with Crippen LogP contribution in [-0.4, -0.2) is 74.1 Å². The number of rotatable bonds is 14. The Morgan fingerprint density at radius 3 is 2.16 bits per heavy atom. The van der Waals surface area contributed by atoms with Gasteiger partial charge in [-0.15, -0.1) is 0 Å². The zero-order valence-electron chi connectivity index (χ0n) is 21.2. The van der Waals surface area contributed by atoms with Crippen LogP contribution in [0, 0.1) is 5.92 Å². The van der Waals surface area contributed by atoms with E-state index in [1.807, 2.05) is 0 Å². The molecule has 202 valence electrons. The molecule has 0 aliphatic heterocycles. The van der Waals surface area contributed by atoms with Crippen molar-refractivity contribution in [3.05, 3.63) is 54.1 Å². The SMILES string of the molecule is CCC(C)C(NC(=O)C(NC(=O)C(Cc1ccccc1)NC(=O)C(N)Cc1cnc[nH]1)C(C)O)C(=O)O. The molecule has 6 unspecified atom stereocenters. The molecule has 0 radical (unpaired) electrons. The summed E-state index contributed by atoms with van der Waals surface area (Å²) in [5.41, 5.74) is 7.41. The van der Waals surface area contributed by atoms with Gasteiger partial charge in [0.2, 0.25) is 17.7 Å². The Morgan fingerprint density at radius 2 is 1.62 bits per heavy atom. The molecule has 37 heavy (non-hydrogen) atoms. The summed E-state index contributed by atoms with van der Waals surface area (Å²) in [6, 6.07) is 4.17. The Labute approximate surface area is 215 Å². The maximum atomic E-state index is 13.3. The van der Waals surface area contributed by atoms with Gasteiger partial charge in [0.15, 0.2) is 0 Å². The number of carbonyl (C=O) groups excluding carboxylic acids is 3. The smallest absolute Gasteiger partial charge is 0.326 e. The first-order valence-corrected chi connectivity index (χ1v) is 12.1. The molecule has 0 spiro atoms. The molecular formula is C25H36N6O6. The van der Waals surface area contributed by atoms with Crippen LogP contribution in [0.3, 0.4) is 0 Å². The third kappa shape index (κ3) is 8.99. The van der Waals surface area contributed by atoms with Crippen molar-refractivity contribution in [2.45, 2.75) is 70.3 Å². The van der Waals surface area contributed by atoms with Gasteiger partial charge in [0, 0.05) is 24.7 Å². The van der Waals surface area contributed by atoms with Crippen LogP contribution in [0.1, 0.15) is 38.4 Å². The van der Waals surface area contributed by atoms with Crippen LogP contribution in [0.5, 0.6) is 0 Å². The highest BCUT2D eigenvalue weighted by Crippen LogP contribution is 2.10. The van der Waals surface area contributed by atoms with Gasteiger partial charge in [0.25, 0.3) is 0 Å². The summed E-state index contributed by atoms with van der Waals surface area (Å²) in [5, 5.41) is 27.2. The van der Waals surface area contributed by atoms with Crippen LogP contribution in [0.4, 0.5) is 0 Å². The second kappa shape index (κ2) is 14.1. The Bertz CT molecular complexity index is 1030. The number of nitrogens with one attached hydrogen (secondary N) is 4. The maximum Gasteiger partial charge on any atom is 0.326 e. The molecule has 0 bridgehead atoms. The second-order valence-corrected chi connectivity index (χ2v) is 9.08. The van der Waals surface area contributed by atoms with Gasteiger partial charge in [-0.05, 0) is 18.4 Å². The molecule has 12 nitrogen and oxygen atoms in total. The monoisotopic (exact) mass is 516 g/mol. The highest BCUT2D eigenvalue weighted by atomic mass is 16.4. The molecule has 0 aliphatic rings. The first kappa shape index (κ1) is 29.5. The molecule has 3 amide bonds. The van der Waals surface area contributed by atoms with Crippen molar-refractivity contribution >= 4 is 23.7 Å². The second-order valence-electron chi connectivity index (χ2n) is 9.08. The molecule has 0 fully saturated rings. The fourth-order valence-electron chi connectivity index (χ4n) is 3.65.